The van der Waals surface area contributed by atoms with Gasteiger partial charge in [-0.1, -0.05) is 20.3 Å². The molecule has 1 aliphatic rings. The summed E-state index contributed by atoms with van der Waals surface area (Å²) in [6.07, 6.45) is 4.23. The molecule has 4 heteroatoms. The fourth-order valence-corrected chi connectivity index (χ4v) is 2.32. The minimum absolute atomic E-state index is 0.123. The van der Waals surface area contributed by atoms with E-state index < -0.39 is 11.9 Å². The van der Waals surface area contributed by atoms with Crippen LogP contribution < -0.4 is 0 Å². The number of hydrogen-bond acceptors (Lipinski definition) is 2. The van der Waals surface area contributed by atoms with Crippen LogP contribution in [0.3, 0.4) is 0 Å². The summed E-state index contributed by atoms with van der Waals surface area (Å²) in [7, 11) is 0. The molecule has 1 unspecified atom stereocenters. The number of carboxylic acid groups (broad SMARTS) is 1. The van der Waals surface area contributed by atoms with Gasteiger partial charge in [0.25, 0.3) is 0 Å². The van der Waals surface area contributed by atoms with Crippen LogP contribution in [0.5, 0.6) is 0 Å². The van der Waals surface area contributed by atoms with E-state index in [0.717, 1.165) is 25.8 Å². The Labute approximate surface area is 103 Å². The van der Waals surface area contributed by atoms with Crippen molar-refractivity contribution in [2.75, 3.05) is 13.1 Å². The molecule has 0 radical (unpaired) electrons. The fourth-order valence-electron chi connectivity index (χ4n) is 2.32. The number of nitrogens with zero attached hydrogens (tertiary/aromatic N) is 1. The normalized spacial score (nSPS) is 19.2. The predicted octanol–water partition coefficient (Wildman–Crippen LogP) is 2.14. The zero-order chi connectivity index (χ0) is 12.8. The summed E-state index contributed by atoms with van der Waals surface area (Å²) in [5, 5.41) is 9.17. The van der Waals surface area contributed by atoms with Gasteiger partial charge in [-0.25, -0.2) is 0 Å². The molecule has 0 aliphatic carbocycles. The van der Waals surface area contributed by atoms with Gasteiger partial charge in [0.1, 0.15) is 0 Å². The second kappa shape index (κ2) is 6.62. The zero-order valence-electron chi connectivity index (χ0n) is 10.8. The van der Waals surface area contributed by atoms with Gasteiger partial charge in [-0.3, -0.25) is 9.59 Å². The first-order valence-electron chi connectivity index (χ1n) is 6.51. The standard InChI is InChI=1S/C13H23NO3/c1-10(2)8-11(13(16)17)9-14-7-5-3-4-6-12(14)15/h10-11H,3-9H2,1-2H3,(H,16,17). The lowest BCUT2D eigenvalue weighted by Gasteiger charge is -2.25. The lowest BCUT2D eigenvalue weighted by atomic mass is 9.96. The van der Waals surface area contributed by atoms with Crippen molar-refractivity contribution in [2.24, 2.45) is 11.8 Å². The maximum absolute atomic E-state index is 11.8. The number of amides is 1. The maximum atomic E-state index is 11.8. The lowest BCUT2D eigenvalue weighted by Crippen LogP contribution is -2.38. The summed E-state index contributed by atoms with van der Waals surface area (Å²) < 4.78 is 0. The summed E-state index contributed by atoms with van der Waals surface area (Å²) in [6, 6.07) is 0. The predicted molar refractivity (Wildman–Crippen MR) is 65.6 cm³/mol. The molecule has 0 aromatic heterocycles. The topological polar surface area (TPSA) is 57.6 Å². The first-order valence-corrected chi connectivity index (χ1v) is 6.51. The average Bonchev–Trinajstić information content (AvgIpc) is 2.42. The average molecular weight is 241 g/mol. The Morgan fingerprint density at radius 2 is 2.06 bits per heavy atom. The molecule has 0 spiro atoms. The Bertz CT molecular complexity index is 276. The Morgan fingerprint density at radius 1 is 1.35 bits per heavy atom. The van der Waals surface area contributed by atoms with Gasteiger partial charge in [0.05, 0.1) is 5.92 Å². The van der Waals surface area contributed by atoms with Gasteiger partial charge in [0.15, 0.2) is 0 Å². The molecule has 4 nitrogen and oxygen atoms in total. The van der Waals surface area contributed by atoms with E-state index in [2.05, 4.69) is 0 Å². The molecule has 1 rings (SSSR count). The zero-order valence-corrected chi connectivity index (χ0v) is 10.8. The van der Waals surface area contributed by atoms with Crippen LogP contribution in [-0.2, 0) is 9.59 Å². The van der Waals surface area contributed by atoms with Gasteiger partial charge in [-0.15, -0.1) is 0 Å². The largest absolute Gasteiger partial charge is 0.481 e. The molecule has 0 saturated carbocycles. The highest BCUT2D eigenvalue weighted by molar-refractivity contribution is 5.77. The molecule has 0 aromatic carbocycles. The molecular weight excluding hydrogens is 218 g/mol. The molecule has 1 heterocycles. The molecule has 1 amide bonds. The third-order valence-corrected chi connectivity index (χ3v) is 3.22. The number of carbonyl (C=O) groups excluding carboxylic acids is 1. The number of likely N-dealkylation sites (tertiary alicyclic amines) is 1. The van der Waals surface area contributed by atoms with Crippen molar-refractivity contribution < 1.29 is 14.7 Å². The quantitative estimate of drug-likeness (QED) is 0.802. The van der Waals surface area contributed by atoms with E-state index in [1.54, 1.807) is 4.90 Å². The highest BCUT2D eigenvalue weighted by atomic mass is 16.4. The van der Waals surface area contributed by atoms with Crippen molar-refractivity contribution in [3.05, 3.63) is 0 Å². The van der Waals surface area contributed by atoms with Crippen LogP contribution in [0.4, 0.5) is 0 Å². The van der Waals surface area contributed by atoms with Crippen molar-refractivity contribution in [3.63, 3.8) is 0 Å². The van der Waals surface area contributed by atoms with E-state index in [0.29, 0.717) is 25.3 Å². The van der Waals surface area contributed by atoms with Gasteiger partial charge in [-0.2, -0.15) is 0 Å². The summed E-state index contributed by atoms with van der Waals surface area (Å²) in [6.45, 7) is 5.13. The van der Waals surface area contributed by atoms with Gasteiger partial charge in [-0.05, 0) is 25.2 Å². The fraction of sp³-hybridized carbons (Fsp3) is 0.846. The van der Waals surface area contributed by atoms with Crippen LogP contribution in [0.25, 0.3) is 0 Å². The van der Waals surface area contributed by atoms with Gasteiger partial charge in [0.2, 0.25) is 5.91 Å². The number of carboxylic acids is 1. The van der Waals surface area contributed by atoms with Crippen LogP contribution in [0.15, 0.2) is 0 Å². The van der Waals surface area contributed by atoms with Crippen LogP contribution >= 0.6 is 0 Å². The number of hydrogen-bond donors (Lipinski definition) is 1. The summed E-state index contributed by atoms with van der Waals surface area (Å²) in [5.74, 6) is -0.733. The highest BCUT2D eigenvalue weighted by Gasteiger charge is 2.25. The molecule has 1 atom stereocenters. The van der Waals surface area contributed by atoms with E-state index in [9.17, 15) is 14.7 Å². The third kappa shape index (κ3) is 4.75. The maximum Gasteiger partial charge on any atom is 0.308 e. The second-order valence-electron chi connectivity index (χ2n) is 5.32. The van der Waals surface area contributed by atoms with Crippen LogP contribution in [0.2, 0.25) is 0 Å². The Kier molecular flexibility index (Phi) is 5.45. The van der Waals surface area contributed by atoms with Crippen LogP contribution in [0.1, 0.15) is 46.0 Å². The second-order valence-corrected chi connectivity index (χ2v) is 5.32. The van der Waals surface area contributed by atoms with Gasteiger partial charge < -0.3 is 10.0 Å². The first-order chi connectivity index (χ1) is 8.00. The monoisotopic (exact) mass is 241 g/mol. The van der Waals surface area contributed by atoms with Crippen molar-refractivity contribution in [3.8, 4) is 0 Å². The van der Waals surface area contributed by atoms with Crippen molar-refractivity contribution in [1.29, 1.82) is 0 Å². The summed E-state index contributed by atoms with van der Waals surface area (Å²) >= 11 is 0. The molecule has 98 valence electrons. The molecule has 1 fully saturated rings. The van der Waals surface area contributed by atoms with E-state index in [1.807, 2.05) is 13.8 Å². The first kappa shape index (κ1) is 14.0. The van der Waals surface area contributed by atoms with Crippen LogP contribution in [-0.4, -0.2) is 35.0 Å². The molecule has 1 saturated heterocycles. The third-order valence-electron chi connectivity index (χ3n) is 3.22. The molecule has 0 aromatic rings. The number of rotatable bonds is 5. The number of aliphatic carboxylic acids is 1. The summed E-state index contributed by atoms with van der Waals surface area (Å²) in [4.78, 5) is 24.7. The van der Waals surface area contributed by atoms with Gasteiger partial charge >= 0.3 is 5.97 Å². The van der Waals surface area contributed by atoms with E-state index >= 15 is 0 Å². The Morgan fingerprint density at radius 3 is 2.65 bits per heavy atom. The minimum atomic E-state index is -0.782. The smallest absolute Gasteiger partial charge is 0.308 e. The van der Waals surface area contributed by atoms with E-state index in [4.69, 9.17) is 0 Å². The van der Waals surface area contributed by atoms with Crippen molar-refractivity contribution in [2.45, 2.75) is 46.0 Å². The van der Waals surface area contributed by atoms with Crippen LogP contribution in [0, 0.1) is 11.8 Å². The van der Waals surface area contributed by atoms with Crippen molar-refractivity contribution >= 4 is 11.9 Å². The number of carbonyl (C=O) groups is 2. The van der Waals surface area contributed by atoms with E-state index in [1.165, 1.54) is 0 Å². The van der Waals surface area contributed by atoms with Gasteiger partial charge in [0, 0.05) is 19.5 Å². The van der Waals surface area contributed by atoms with Crippen molar-refractivity contribution in [1.82, 2.24) is 4.90 Å². The molecular formula is C13H23NO3. The highest BCUT2D eigenvalue weighted by Crippen LogP contribution is 2.17. The summed E-state index contributed by atoms with van der Waals surface area (Å²) in [5.41, 5.74) is 0. The van der Waals surface area contributed by atoms with E-state index in [-0.39, 0.29) is 5.91 Å². The Hall–Kier alpha value is -1.06. The molecule has 1 aliphatic heterocycles. The lowest BCUT2D eigenvalue weighted by molar-refractivity contribution is -0.144. The minimum Gasteiger partial charge on any atom is -0.481 e. The molecule has 1 N–H and O–H groups in total. The molecule has 0 bridgehead atoms. The SMILES string of the molecule is CC(C)CC(CN1CCCCCC1=O)C(=O)O. The Balaban J connectivity index is 2.57. The molecule has 17 heavy (non-hydrogen) atoms.